The van der Waals surface area contributed by atoms with Gasteiger partial charge in [-0.25, -0.2) is 0 Å². The van der Waals surface area contributed by atoms with Crippen molar-refractivity contribution in [2.45, 2.75) is 45.4 Å². The fourth-order valence-corrected chi connectivity index (χ4v) is 3.79. The van der Waals surface area contributed by atoms with Gasteiger partial charge in [0.15, 0.2) is 0 Å². The summed E-state index contributed by atoms with van der Waals surface area (Å²) in [6.45, 7) is 2.79. The van der Waals surface area contributed by atoms with Gasteiger partial charge >= 0.3 is 0 Å². The third kappa shape index (κ3) is 2.36. The van der Waals surface area contributed by atoms with Gasteiger partial charge < -0.3 is 10.2 Å². The number of hydrogen-bond donors (Lipinski definition) is 2. The molecule has 2 unspecified atom stereocenters. The fourth-order valence-electron chi connectivity index (χ4n) is 3.79. The van der Waals surface area contributed by atoms with Crippen LogP contribution >= 0.6 is 0 Å². The van der Waals surface area contributed by atoms with Crippen LogP contribution in [0.1, 0.15) is 45.4 Å². The Morgan fingerprint density at radius 2 is 1.73 bits per heavy atom. The number of fused-ring (bicyclic) bond motifs is 5. The molecule has 3 aliphatic rings. The maximum absolute atomic E-state index is 9.53. The van der Waals surface area contributed by atoms with Gasteiger partial charge in [0.1, 0.15) is 0 Å². The molecular weight excluding hydrogens is 188 g/mol. The van der Waals surface area contributed by atoms with E-state index in [1.165, 1.54) is 25.7 Å². The fraction of sp³-hybridized carbons (Fsp3) is 1.00. The lowest BCUT2D eigenvalue weighted by Crippen LogP contribution is -2.37. The van der Waals surface area contributed by atoms with Gasteiger partial charge in [-0.2, -0.15) is 0 Å². The van der Waals surface area contributed by atoms with E-state index in [-0.39, 0.29) is 12.0 Å². The Bertz CT molecular complexity index is 209. The van der Waals surface area contributed by atoms with Crippen molar-refractivity contribution in [2.75, 3.05) is 13.2 Å². The van der Waals surface area contributed by atoms with Gasteiger partial charge in [-0.15, -0.1) is 0 Å². The Kier molecular flexibility index (Phi) is 3.36. The highest BCUT2D eigenvalue weighted by atomic mass is 16.3. The lowest BCUT2D eigenvalue weighted by atomic mass is 9.62. The van der Waals surface area contributed by atoms with Crippen LogP contribution in [0.4, 0.5) is 0 Å². The van der Waals surface area contributed by atoms with Crippen molar-refractivity contribution in [2.24, 2.45) is 23.2 Å². The van der Waals surface area contributed by atoms with E-state index in [0.29, 0.717) is 12.5 Å². The molecule has 15 heavy (non-hydrogen) atoms. The molecular formula is C13H24O2. The minimum Gasteiger partial charge on any atom is -0.396 e. The average Bonchev–Trinajstić information content (AvgIpc) is 2.24. The van der Waals surface area contributed by atoms with E-state index in [9.17, 15) is 10.2 Å². The Balaban J connectivity index is 2.13. The number of hydrogen-bond acceptors (Lipinski definition) is 2. The second-order valence-electron chi connectivity index (χ2n) is 6.10. The molecule has 2 bridgehead atoms. The summed E-state index contributed by atoms with van der Waals surface area (Å²) in [6.07, 6.45) is 7.41. The molecule has 0 spiro atoms. The van der Waals surface area contributed by atoms with Crippen LogP contribution in [0.25, 0.3) is 0 Å². The van der Waals surface area contributed by atoms with E-state index in [1.807, 2.05) is 0 Å². The molecule has 2 atom stereocenters. The van der Waals surface area contributed by atoms with Crippen molar-refractivity contribution < 1.29 is 10.2 Å². The maximum atomic E-state index is 9.53. The summed E-state index contributed by atoms with van der Waals surface area (Å²) in [5.41, 5.74) is 0.0666. The number of aliphatic hydroxyl groups is 2. The second-order valence-corrected chi connectivity index (χ2v) is 6.10. The lowest BCUT2D eigenvalue weighted by molar-refractivity contribution is 0.00586. The molecule has 3 saturated carbocycles. The SMILES string of the molecule is CC1(CO)CC2CCC(CC2)C(CO)C1. The number of aliphatic hydroxyl groups excluding tert-OH is 2. The molecule has 3 rings (SSSR count). The predicted octanol–water partition coefficient (Wildman–Crippen LogP) is 2.19. The molecule has 0 aromatic heterocycles. The third-order valence-corrected chi connectivity index (χ3v) is 4.71. The Morgan fingerprint density at radius 3 is 2.27 bits per heavy atom. The minimum absolute atomic E-state index is 0.0666. The molecule has 0 aliphatic heterocycles. The standard InChI is InChI=1S/C13H24O2/c1-13(9-15)6-10-2-4-11(5-3-10)12(7-13)8-14/h10-12,14-15H,2-9H2,1H3. The van der Waals surface area contributed by atoms with Crippen LogP contribution in [-0.2, 0) is 0 Å². The first kappa shape index (κ1) is 11.4. The summed E-state index contributed by atoms with van der Waals surface area (Å²) in [4.78, 5) is 0. The van der Waals surface area contributed by atoms with Gasteiger partial charge in [0.25, 0.3) is 0 Å². The van der Waals surface area contributed by atoms with Crippen LogP contribution < -0.4 is 0 Å². The highest BCUT2D eigenvalue weighted by Gasteiger charge is 2.39. The smallest absolute Gasteiger partial charge is 0.0484 e. The zero-order valence-corrected chi connectivity index (χ0v) is 9.78. The Hall–Kier alpha value is -0.0800. The van der Waals surface area contributed by atoms with Crippen LogP contribution in [-0.4, -0.2) is 23.4 Å². The summed E-state index contributed by atoms with van der Waals surface area (Å²) in [5, 5.41) is 19.0. The van der Waals surface area contributed by atoms with Crippen LogP contribution in [0.15, 0.2) is 0 Å². The van der Waals surface area contributed by atoms with Crippen molar-refractivity contribution in [3.8, 4) is 0 Å². The van der Waals surface area contributed by atoms with E-state index in [1.54, 1.807) is 0 Å². The molecule has 0 amide bonds. The van der Waals surface area contributed by atoms with Crippen LogP contribution in [0.3, 0.4) is 0 Å². The highest BCUT2D eigenvalue weighted by Crippen LogP contribution is 2.47. The topological polar surface area (TPSA) is 40.5 Å². The molecule has 2 N–H and O–H groups in total. The summed E-state index contributed by atoms with van der Waals surface area (Å²) < 4.78 is 0. The lowest BCUT2D eigenvalue weighted by Gasteiger charge is -2.44. The van der Waals surface area contributed by atoms with Gasteiger partial charge in [-0.1, -0.05) is 19.8 Å². The molecule has 88 valence electrons. The van der Waals surface area contributed by atoms with Crippen molar-refractivity contribution in [3.63, 3.8) is 0 Å². The third-order valence-electron chi connectivity index (χ3n) is 4.71. The Morgan fingerprint density at radius 1 is 1.07 bits per heavy atom. The predicted molar refractivity (Wildman–Crippen MR) is 60.5 cm³/mol. The van der Waals surface area contributed by atoms with Gasteiger partial charge in [-0.05, 0) is 48.9 Å². The molecule has 3 aliphatic carbocycles. The van der Waals surface area contributed by atoms with E-state index in [0.717, 1.165) is 24.7 Å². The average molecular weight is 212 g/mol. The van der Waals surface area contributed by atoms with E-state index in [2.05, 4.69) is 6.92 Å². The first-order valence-corrected chi connectivity index (χ1v) is 6.38. The molecule has 2 heteroatoms. The molecule has 2 nitrogen and oxygen atoms in total. The van der Waals surface area contributed by atoms with Crippen molar-refractivity contribution in [1.82, 2.24) is 0 Å². The first-order valence-electron chi connectivity index (χ1n) is 6.38. The summed E-state index contributed by atoms with van der Waals surface area (Å²) in [5.74, 6) is 1.99. The maximum Gasteiger partial charge on any atom is 0.0484 e. The zero-order valence-electron chi connectivity index (χ0n) is 9.78. The first-order chi connectivity index (χ1) is 7.17. The van der Waals surface area contributed by atoms with Gasteiger partial charge in [0.2, 0.25) is 0 Å². The second kappa shape index (κ2) is 4.42. The molecule has 3 fully saturated rings. The van der Waals surface area contributed by atoms with Crippen LogP contribution in [0.5, 0.6) is 0 Å². The molecule has 0 aromatic carbocycles. The van der Waals surface area contributed by atoms with Crippen LogP contribution in [0.2, 0.25) is 0 Å². The molecule has 0 aromatic rings. The van der Waals surface area contributed by atoms with Gasteiger partial charge in [0, 0.05) is 13.2 Å². The van der Waals surface area contributed by atoms with Crippen LogP contribution in [0, 0.1) is 23.2 Å². The monoisotopic (exact) mass is 212 g/mol. The van der Waals surface area contributed by atoms with Crippen molar-refractivity contribution >= 4 is 0 Å². The largest absolute Gasteiger partial charge is 0.396 e. The Labute approximate surface area is 92.7 Å². The minimum atomic E-state index is 0.0666. The molecule has 0 radical (unpaired) electrons. The van der Waals surface area contributed by atoms with Crippen molar-refractivity contribution in [3.05, 3.63) is 0 Å². The van der Waals surface area contributed by atoms with E-state index in [4.69, 9.17) is 0 Å². The zero-order chi connectivity index (χ0) is 10.9. The summed E-state index contributed by atoms with van der Waals surface area (Å²) in [7, 11) is 0. The van der Waals surface area contributed by atoms with E-state index >= 15 is 0 Å². The quantitative estimate of drug-likeness (QED) is 0.736. The van der Waals surface area contributed by atoms with Crippen molar-refractivity contribution in [1.29, 1.82) is 0 Å². The van der Waals surface area contributed by atoms with Gasteiger partial charge in [-0.3, -0.25) is 0 Å². The normalized spacial score (nSPS) is 46.2. The number of rotatable bonds is 2. The van der Waals surface area contributed by atoms with Gasteiger partial charge in [0.05, 0.1) is 0 Å². The van der Waals surface area contributed by atoms with E-state index < -0.39 is 0 Å². The summed E-state index contributed by atoms with van der Waals surface area (Å²) in [6, 6.07) is 0. The molecule has 0 heterocycles. The summed E-state index contributed by atoms with van der Waals surface area (Å²) >= 11 is 0. The molecule has 0 saturated heterocycles. The highest BCUT2D eigenvalue weighted by molar-refractivity contribution is 4.89.